The van der Waals surface area contributed by atoms with Gasteiger partial charge in [-0.05, 0) is 43.2 Å². The van der Waals surface area contributed by atoms with Crippen molar-refractivity contribution >= 4 is 60.3 Å². The molecule has 11 heteroatoms. The fourth-order valence-corrected chi connectivity index (χ4v) is 7.21. The molecular formula is C15H16Cl2N2O4S3. The highest BCUT2D eigenvalue weighted by molar-refractivity contribution is 7.94. The summed E-state index contributed by atoms with van der Waals surface area (Å²) in [6.45, 7) is 0.866. The minimum Gasteiger partial charge on any atom is -0.279 e. The van der Waals surface area contributed by atoms with Crippen LogP contribution in [0.3, 0.4) is 0 Å². The third-order valence-corrected chi connectivity index (χ3v) is 9.41. The summed E-state index contributed by atoms with van der Waals surface area (Å²) in [7, 11) is -7.64. The van der Waals surface area contributed by atoms with E-state index < -0.39 is 20.0 Å². The first-order valence-electron chi connectivity index (χ1n) is 7.78. The molecule has 0 radical (unpaired) electrons. The van der Waals surface area contributed by atoms with E-state index in [0.717, 1.165) is 30.6 Å². The summed E-state index contributed by atoms with van der Waals surface area (Å²) < 4.78 is 54.7. The van der Waals surface area contributed by atoms with Crippen molar-refractivity contribution in [2.45, 2.75) is 28.4 Å². The lowest BCUT2D eigenvalue weighted by atomic mass is 10.2. The van der Waals surface area contributed by atoms with Gasteiger partial charge in [-0.25, -0.2) is 16.8 Å². The number of benzene rings is 1. The van der Waals surface area contributed by atoms with Crippen molar-refractivity contribution in [3.8, 4) is 0 Å². The van der Waals surface area contributed by atoms with Gasteiger partial charge in [-0.2, -0.15) is 4.31 Å². The van der Waals surface area contributed by atoms with Crippen LogP contribution in [0.4, 0.5) is 5.69 Å². The number of hydrogen-bond donors (Lipinski definition) is 1. The fourth-order valence-electron chi connectivity index (χ4n) is 2.66. The number of halogens is 2. The normalized spacial score (nSPS) is 16.5. The zero-order valence-corrected chi connectivity index (χ0v) is 17.4. The van der Waals surface area contributed by atoms with Gasteiger partial charge in [0.1, 0.15) is 9.10 Å². The van der Waals surface area contributed by atoms with Crippen molar-refractivity contribution in [1.82, 2.24) is 4.31 Å². The Labute approximate surface area is 166 Å². The van der Waals surface area contributed by atoms with E-state index in [1.54, 1.807) is 0 Å². The van der Waals surface area contributed by atoms with Crippen LogP contribution in [0.25, 0.3) is 0 Å². The van der Waals surface area contributed by atoms with E-state index in [9.17, 15) is 16.8 Å². The van der Waals surface area contributed by atoms with E-state index >= 15 is 0 Å². The molecule has 6 nitrogen and oxygen atoms in total. The monoisotopic (exact) mass is 454 g/mol. The molecule has 1 aliphatic heterocycles. The van der Waals surface area contributed by atoms with Gasteiger partial charge in [0, 0.05) is 13.1 Å². The van der Waals surface area contributed by atoms with E-state index in [1.807, 2.05) is 0 Å². The van der Waals surface area contributed by atoms with Gasteiger partial charge in [-0.3, -0.25) is 4.72 Å². The summed E-state index contributed by atoms with van der Waals surface area (Å²) in [5.74, 6) is 0. The Morgan fingerprint density at radius 3 is 2.27 bits per heavy atom. The molecule has 1 saturated heterocycles. The molecule has 1 N–H and O–H groups in total. The molecular weight excluding hydrogens is 439 g/mol. The summed E-state index contributed by atoms with van der Waals surface area (Å²) >= 11 is 12.8. The minimum atomic E-state index is -3.86. The number of thiophene rings is 1. The summed E-state index contributed by atoms with van der Waals surface area (Å²) in [5, 5.41) is 0.0534. The van der Waals surface area contributed by atoms with Crippen molar-refractivity contribution in [3.63, 3.8) is 0 Å². The maximum absolute atomic E-state index is 12.8. The quantitative estimate of drug-likeness (QED) is 0.738. The summed E-state index contributed by atoms with van der Waals surface area (Å²) in [5.41, 5.74) is 0.120. The lowest BCUT2D eigenvalue weighted by Gasteiger charge is -2.26. The second-order valence-electron chi connectivity index (χ2n) is 5.77. The van der Waals surface area contributed by atoms with Gasteiger partial charge in [0.15, 0.2) is 0 Å². The van der Waals surface area contributed by atoms with Crippen molar-refractivity contribution in [3.05, 3.63) is 39.7 Å². The van der Waals surface area contributed by atoms with E-state index in [4.69, 9.17) is 23.2 Å². The highest BCUT2D eigenvalue weighted by Gasteiger charge is 2.28. The second-order valence-corrected chi connectivity index (χ2v) is 11.7. The molecule has 1 fully saturated rings. The fraction of sp³-hybridized carbons (Fsp3) is 0.333. The highest BCUT2D eigenvalue weighted by Crippen LogP contribution is 2.31. The van der Waals surface area contributed by atoms with E-state index in [0.29, 0.717) is 17.4 Å². The predicted molar refractivity (Wildman–Crippen MR) is 104 cm³/mol. The van der Waals surface area contributed by atoms with Crippen LogP contribution < -0.4 is 4.72 Å². The van der Waals surface area contributed by atoms with E-state index in [2.05, 4.69) is 4.72 Å². The zero-order valence-electron chi connectivity index (χ0n) is 13.5. The molecule has 0 aliphatic carbocycles. The van der Waals surface area contributed by atoms with Crippen LogP contribution in [0.15, 0.2) is 39.4 Å². The molecule has 3 rings (SSSR count). The number of nitrogens with zero attached hydrogens (tertiary/aromatic N) is 1. The smallest absolute Gasteiger partial charge is 0.271 e. The first kappa shape index (κ1) is 19.9. The van der Waals surface area contributed by atoms with Gasteiger partial charge in [-0.1, -0.05) is 29.6 Å². The maximum atomic E-state index is 12.8. The SMILES string of the molecule is O=S(=O)(Nc1ccc(Cl)c(S(=O)(=O)N2CCCCC2)c1)c1ccc(Cl)s1. The molecule has 0 saturated carbocycles. The zero-order chi connectivity index (χ0) is 18.9. The van der Waals surface area contributed by atoms with E-state index in [-0.39, 0.29) is 19.8 Å². The van der Waals surface area contributed by atoms with Gasteiger partial charge in [0.05, 0.1) is 15.0 Å². The van der Waals surface area contributed by atoms with Crippen LogP contribution in [0, 0.1) is 0 Å². The molecule has 26 heavy (non-hydrogen) atoms. The van der Waals surface area contributed by atoms with Gasteiger partial charge in [0.2, 0.25) is 10.0 Å². The van der Waals surface area contributed by atoms with Gasteiger partial charge in [0.25, 0.3) is 10.0 Å². The van der Waals surface area contributed by atoms with Crippen molar-refractivity contribution in [2.75, 3.05) is 17.8 Å². The van der Waals surface area contributed by atoms with Crippen LogP contribution in [0.2, 0.25) is 9.36 Å². The van der Waals surface area contributed by atoms with Crippen LogP contribution in [-0.4, -0.2) is 34.2 Å². The molecule has 142 valence electrons. The van der Waals surface area contributed by atoms with Crippen molar-refractivity contribution in [1.29, 1.82) is 0 Å². The molecule has 0 bridgehead atoms. The lowest BCUT2D eigenvalue weighted by Crippen LogP contribution is -2.35. The molecule has 1 aromatic carbocycles. The lowest BCUT2D eigenvalue weighted by molar-refractivity contribution is 0.346. The summed E-state index contributed by atoms with van der Waals surface area (Å²) in [4.78, 5) is -0.106. The highest BCUT2D eigenvalue weighted by atomic mass is 35.5. The molecule has 0 atom stereocenters. The van der Waals surface area contributed by atoms with Crippen molar-refractivity contribution in [2.24, 2.45) is 0 Å². The molecule has 2 heterocycles. The first-order chi connectivity index (χ1) is 12.2. The minimum absolute atomic E-state index is 0.0397. The van der Waals surface area contributed by atoms with Gasteiger partial charge >= 0.3 is 0 Å². The number of sulfonamides is 2. The van der Waals surface area contributed by atoms with Crippen LogP contribution in [0.5, 0.6) is 0 Å². The number of nitrogens with one attached hydrogen (secondary N) is 1. The van der Waals surface area contributed by atoms with Crippen LogP contribution >= 0.6 is 34.5 Å². The van der Waals surface area contributed by atoms with Gasteiger partial charge in [-0.15, -0.1) is 11.3 Å². The Bertz CT molecular complexity index is 1010. The average molecular weight is 455 g/mol. The van der Waals surface area contributed by atoms with Crippen LogP contribution in [-0.2, 0) is 20.0 Å². The summed E-state index contributed by atoms with van der Waals surface area (Å²) in [6.07, 6.45) is 2.58. The molecule has 0 unspecified atom stereocenters. The van der Waals surface area contributed by atoms with Gasteiger partial charge < -0.3 is 0 Å². The molecule has 1 aliphatic rings. The Balaban J connectivity index is 1.93. The number of rotatable bonds is 5. The number of anilines is 1. The third-order valence-electron chi connectivity index (χ3n) is 3.93. The maximum Gasteiger partial charge on any atom is 0.271 e. The molecule has 2 aromatic rings. The average Bonchev–Trinajstić information content (AvgIpc) is 3.04. The first-order valence-corrected chi connectivity index (χ1v) is 12.3. The predicted octanol–water partition coefficient (Wildman–Crippen LogP) is 4.03. The Kier molecular flexibility index (Phi) is 5.86. The Morgan fingerprint density at radius 2 is 1.65 bits per heavy atom. The Hall–Kier alpha value is -0.840. The standard InChI is InChI=1S/C15H16Cl2N2O4S3/c16-12-5-4-11(18-25(20,21)15-7-6-14(17)24-15)10-13(12)26(22,23)19-8-2-1-3-9-19/h4-7,10,18H,1-3,8-9H2. The third kappa shape index (κ3) is 4.18. The summed E-state index contributed by atoms with van der Waals surface area (Å²) in [6, 6.07) is 6.91. The number of piperidine rings is 1. The van der Waals surface area contributed by atoms with E-state index in [1.165, 1.54) is 34.6 Å². The van der Waals surface area contributed by atoms with Crippen molar-refractivity contribution < 1.29 is 16.8 Å². The number of hydrogen-bond acceptors (Lipinski definition) is 5. The Morgan fingerprint density at radius 1 is 0.962 bits per heavy atom. The second kappa shape index (κ2) is 7.65. The topological polar surface area (TPSA) is 83.5 Å². The molecule has 1 aromatic heterocycles. The largest absolute Gasteiger partial charge is 0.279 e. The molecule has 0 amide bonds. The van der Waals surface area contributed by atoms with Crippen LogP contribution in [0.1, 0.15) is 19.3 Å². The molecule has 0 spiro atoms.